The summed E-state index contributed by atoms with van der Waals surface area (Å²) >= 11 is 0. The zero-order valence-electron chi connectivity index (χ0n) is 21.4. The lowest BCUT2D eigenvalue weighted by atomic mass is 10.1. The molecule has 1 aromatic heterocycles. The predicted molar refractivity (Wildman–Crippen MR) is 131 cm³/mol. The molecule has 12 heteroatoms. The lowest BCUT2D eigenvalue weighted by molar-refractivity contribution is -0.0515. The van der Waals surface area contributed by atoms with Gasteiger partial charge in [-0.2, -0.15) is 8.78 Å². The van der Waals surface area contributed by atoms with Crippen LogP contribution in [0.3, 0.4) is 0 Å². The molecule has 1 unspecified atom stereocenters. The van der Waals surface area contributed by atoms with E-state index in [1.165, 1.54) is 23.1 Å². The summed E-state index contributed by atoms with van der Waals surface area (Å²) in [5.74, 6) is 0.434. The number of carbonyl (C=O) groups is 2. The third kappa shape index (κ3) is 6.12. The number of ether oxygens (including phenoxy) is 2. The van der Waals surface area contributed by atoms with Crippen molar-refractivity contribution in [3.8, 4) is 23.0 Å². The van der Waals surface area contributed by atoms with Gasteiger partial charge in [0.2, 0.25) is 5.89 Å². The van der Waals surface area contributed by atoms with Gasteiger partial charge in [0.1, 0.15) is 0 Å². The molecule has 2 aliphatic rings. The summed E-state index contributed by atoms with van der Waals surface area (Å²) < 4.78 is 42.0. The normalized spacial score (nSPS) is 18.6. The number of oxazole rings is 1. The Labute approximate surface area is 214 Å². The molecule has 2 atom stereocenters. The highest BCUT2D eigenvalue weighted by Crippen LogP contribution is 2.37. The second kappa shape index (κ2) is 10.9. The second-order valence-electron chi connectivity index (χ2n) is 9.79. The van der Waals surface area contributed by atoms with Crippen LogP contribution in [0, 0.1) is 5.92 Å². The number of nitrogens with zero attached hydrogens (tertiary/aromatic N) is 4. The minimum absolute atomic E-state index is 0.0814. The monoisotopic (exact) mass is 521 g/mol. The molecule has 2 fully saturated rings. The Kier molecular flexibility index (Phi) is 7.86. The standard InChI is InChI=1S/C25H33F2N5O5/c1-14-12-31(9-10-32(14)25(34)30(3)4)23(33)20-21(15(2)28)37-22(29-20)17-7-8-18(36-24(26)27)19(11-17)35-13-16-5-6-16/h7-8,11,14-16,24H,5-6,9-10,12-13,28H2,1-4H3/t14?,15-/m0/s1. The van der Waals surface area contributed by atoms with E-state index in [-0.39, 0.29) is 46.8 Å². The first-order valence-electron chi connectivity index (χ1n) is 12.3. The maximum Gasteiger partial charge on any atom is 0.387 e. The van der Waals surface area contributed by atoms with Gasteiger partial charge in [0.15, 0.2) is 23.0 Å². The second-order valence-corrected chi connectivity index (χ2v) is 9.79. The summed E-state index contributed by atoms with van der Waals surface area (Å²) in [5.41, 5.74) is 6.62. The Bertz CT molecular complexity index is 1130. The summed E-state index contributed by atoms with van der Waals surface area (Å²) in [6.07, 6.45) is 2.06. The van der Waals surface area contributed by atoms with Crippen molar-refractivity contribution in [2.45, 2.75) is 45.4 Å². The van der Waals surface area contributed by atoms with Crippen molar-refractivity contribution >= 4 is 11.9 Å². The van der Waals surface area contributed by atoms with E-state index in [9.17, 15) is 18.4 Å². The number of aromatic nitrogens is 1. The first-order valence-corrected chi connectivity index (χ1v) is 12.3. The number of urea groups is 1. The largest absolute Gasteiger partial charge is 0.489 e. The molecule has 3 amide bonds. The van der Waals surface area contributed by atoms with E-state index in [1.54, 1.807) is 30.8 Å². The minimum Gasteiger partial charge on any atom is -0.489 e. The summed E-state index contributed by atoms with van der Waals surface area (Å²) in [6.45, 7) is 2.01. The Morgan fingerprint density at radius 1 is 1.24 bits per heavy atom. The van der Waals surface area contributed by atoms with Crippen molar-refractivity contribution in [1.82, 2.24) is 19.7 Å². The van der Waals surface area contributed by atoms with Gasteiger partial charge >= 0.3 is 12.6 Å². The number of rotatable bonds is 8. The molecule has 2 aromatic rings. The van der Waals surface area contributed by atoms with Crippen molar-refractivity contribution in [3.63, 3.8) is 0 Å². The zero-order valence-corrected chi connectivity index (χ0v) is 21.4. The van der Waals surface area contributed by atoms with Gasteiger partial charge in [-0.25, -0.2) is 9.78 Å². The lowest BCUT2D eigenvalue weighted by Gasteiger charge is -2.40. The first kappa shape index (κ1) is 26.6. The van der Waals surface area contributed by atoms with Gasteiger partial charge < -0.3 is 34.3 Å². The van der Waals surface area contributed by atoms with Gasteiger partial charge in [0.25, 0.3) is 5.91 Å². The van der Waals surface area contributed by atoms with E-state index < -0.39 is 12.7 Å². The van der Waals surface area contributed by atoms with Crippen molar-refractivity contribution in [3.05, 3.63) is 29.7 Å². The zero-order chi connectivity index (χ0) is 26.9. The third-order valence-corrected chi connectivity index (χ3v) is 6.39. The molecule has 4 rings (SSSR count). The molecule has 2 heterocycles. The quantitative estimate of drug-likeness (QED) is 0.565. The molecule has 1 saturated heterocycles. The Morgan fingerprint density at radius 3 is 2.57 bits per heavy atom. The Balaban J connectivity index is 1.58. The van der Waals surface area contributed by atoms with Gasteiger partial charge in [-0.1, -0.05) is 0 Å². The maximum atomic E-state index is 13.5. The average Bonchev–Trinajstić information content (AvgIpc) is 3.57. The van der Waals surface area contributed by atoms with Crippen LogP contribution in [0.5, 0.6) is 11.5 Å². The number of piperazine rings is 1. The SMILES string of the molecule is CC1CN(C(=O)c2nc(-c3ccc(OC(F)F)c(OCC4CC4)c3)oc2[C@H](C)N)CCN1C(=O)N(C)C. The van der Waals surface area contributed by atoms with Crippen LogP contribution in [0.1, 0.15) is 49.0 Å². The van der Waals surface area contributed by atoms with Crippen LogP contribution in [0.2, 0.25) is 0 Å². The summed E-state index contributed by atoms with van der Waals surface area (Å²) in [4.78, 5) is 35.2. The van der Waals surface area contributed by atoms with Crippen molar-refractivity contribution in [1.29, 1.82) is 0 Å². The summed E-state index contributed by atoms with van der Waals surface area (Å²) in [5, 5.41) is 0. The van der Waals surface area contributed by atoms with E-state index in [1.807, 2.05) is 6.92 Å². The molecule has 37 heavy (non-hydrogen) atoms. The highest BCUT2D eigenvalue weighted by atomic mass is 19.3. The molecular weight excluding hydrogens is 488 g/mol. The van der Waals surface area contributed by atoms with Gasteiger partial charge in [0.05, 0.1) is 12.6 Å². The van der Waals surface area contributed by atoms with Crippen LogP contribution >= 0.6 is 0 Å². The highest BCUT2D eigenvalue weighted by Gasteiger charge is 2.34. The van der Waals surface area contributed by atoms with E-state index in [0.717, 1.165) is 12.8 Å². The van der Waals surface area contributed by atoms with Crippen LogP contribution in [-0.2, 0) is 0 Å². The van der Waals surface area contributed by atoms with Gasteiger partial charge in [-0.15, -0.1) is 0 Å². The van der Waals surface area contributed by atoms with Gasteiger partial charge in [-0.05, 0) is 50.8 Å². The topological polar surface area (TPSA) is 114 Å². The predicted octanol–water partition coefficient (Wildman–Crippen LogP) is 3.58. The van der Waals surface area contributed by atoms with Crippen LogP contribution in [-0.4, -0.2) is 84.6 Å². The molecule has 1 aliphatic heterocycles. The molecule has 1 aromatic carbocycles. The van der Waals surface area contributed by atoms with E-state index >= 15 is 0 Å². The number of amides is 3. The summed E-state index contributed by atoms with van der Waals surface area (Å²) in [7, 11) is 3.37. The number of benzene rings is 1. The van der Waals surface area contributed by atoms with Crippen molar-refractivity contribution < 1.29 is 32.3 Å². The molecule has 2 N–H and O–H groups in total. The molecular formula is C25H33F2N5O5. The van der Waals surface area contributed by atoms with Crippen molar-refractivity contribution in [2.75, 3.05) is 40.3 Å². The molecule has 10 nitrogen and oxygen atoms in total. The minimum atomic E-state index is -3.00. The fourth-order valence-electron chi connectivity index (χ4n) is 4.19. The van der Waals surface area contributed by atoms with E-state index in [4.69, 9.17) is 14.9 Å². The molecule has 202 valence electrons. The highest BCUT2D eigenvalue weighted by molar-refractivity contribution is 5.94. The Hall–Kier alpha value is -3.41. The number of halogens is 2. The fraction of sp³-hybridized carbons (Fsp3) is 0.560. The number of nitrogens with two attached hydrogens (primary N) is 1. The van der Waals surface area contributed by atoms with E-state index in [2.05, 4.69) is 9.72 Å². The first-order chi connectivity index (χ1) is 17.5. The third-order valence-electron chi connectivity index (χ3n) is 6.39. The van der Waals surface area contributed by atoms with Crippen LogP contribution in [0.25, 0.3) is 11.5 Å². The molecule has 1 aliphatic carbocycles. The van der Waals surface area contributed by atoms with Crippen molar-refractivity contribution in [2.24, 2.45) is 11.7 Å². The maximum absolute atomic E-state index is 13.5. The molecule has 1 saturated carbocycles. The number of alkyl halides is 2. The number of hydrogen-bond acceptors (Lipinski definition) is 7. The molecule has 0 spiro atoms. The molecule has 0 bridgehead atoms. The van der Waals surface area contributed by atoms with Crippen LogP contribution < -0.4 is 15.2 Å². The Morgan fingerprint density at radius 2 is 1.97 bits per heavy atom. The fourth-order valence-corrected chi connectivity index (χ4v) is 4.19. The molecule has 0 radical (unpaired) electrons. The van der Waals surface area contributed by atoms with Crippen LogP contribution in [0.15, 0.2) is 22.6 Å². The van der Waals surface area contributed by atoms with Gasteiger partial charge in [0, 0.05) is 45.3 Å². The lowest BCUT2D eigenvalue weighted by Crippen LogP contribution is -2.57. The van der Waals surface area contributed by atoms with E-state index in [0.29, 0.717) is 37.7 Å². The average molecular weight is 522 g/mol. The number of carbonyl (C=O) groups excluding carboxylic acids is 2. The van der Waals surface area contributed by atoms with Gasteiger partial charge in [-0.3, -0.25) is 4.79 Å². The van der Waals surface area contributed by atoms with Crippen LogP contribution in [0.4, 0.5) is 13.6 Å². The number of hydrogen-bond donors (Lipinski definition) is 1. The summed E-state index contributed by atoms with van der Waals surface area (Å²) in [6, 6.07) is 3.47. The smallest absolute Gasteiger partial charge is 0.387 e.